The Bertz CT molecular complexity index is 387. The van der Waals surface area contributed by atoms with Gasteiger partial charge in [0.15, 0.2) is 0 Å². The molecule has 1 rings (SSSR count). The lowest BCUT2D eigenvalue weighted by molar-refractivity contribution is 0.411. The van der Waals surface area contributed by atoms with Gasteiger partial charge in [0.25, 0.3) is 0 Å². The highest BCUT2D eigenvalue weighted by atomic mass is 16.5. The molecule has 1 aromatic rings. The van der Waals surface area contributed by atoms with E-state index < -0.39 is 0 Å². The molecule has 0 saturated heterocycles. The van der Waals surface area contributed by atoms with Crippen LogP contribution in [0.25, 0.3) is 0 Å². The fourth-order valence-corrected chi connectivity index (χ4v) is 2.00. The second kappa shape index (κ2) is 6.48. The Morgan fingerprint density at radius 2 is 2.06 bits per heavy atom. The van der Waals surface area contributed by atoms with E-state index in [1.165, 1.54) is 23.1 Å². The van der Waals surface area contributed by atoms with E-state index in [1.54, 1.807) is 7.11 Å². The Kier molecular flexibility index (Phi) is 5.27. The van der Waals surface area contributed by atoms with E-state index in [0.717, 1.165) is 12.2 Å². The SMILES string of the molecule is COc1ccc(C(C)CCC=C(C)C)cc1C. The van der Waals surface area contributed by atoms with Crippen molar-refractivity contribution in [2.45, 2.75) is 46.5 Å². The first-order valence-corrected chi connectivity index (χ1v) is 6.32. The molecule has 0 spiro atoms. The van der Waals surface area contributed by atoms with Gasteiger partial charge in [-0.05, 0) is 56.7 Å². The van der Waals surface area contributed by atoms with Gasteiger partial charge >= 0.3 is 0 Å². The fraction of sp³-hybridized carbons (Fsp3) is 0.500. The topological polar surface area (TPSA) is 9.23 Å². The summed E-state index contributed by atoms with van der Waals surface area (Å²) in [6.45, 7) is 8.70. The monoisotopic (exact) mass is 232 g/mol. The molecule has 0 N–H and O–H groups in total. The number of aryl methyl sites for hydroxylation is 1. The lowest BCUT2D eigenvalue weighted by atomic mass is 9.94. The van der Waals surface area contributed by atoms with Crippen LogP contribution in [-0.2, 0) is 0 Å². The van der Waals surface area contributed by atoms with Crippen LogP contribution >= 0.6 is 0 Å². The molecule has 0 aliphatic carbocycles. The van der Waals surface area contributed by atoms with Gasteiger partial charge in [-0.3, -0.25) is 0 Å². The zero-order valence-corrected chi connectivity index (χ0v) is 11.7. The van der Waals surface area contributed by atoms with Crippen LogP contribution in [-0.4, -0.2) is 7.11 Å². The van der Waals surface area contributed by atoms with Crippen LogP contribution in [0.2, 0.25) is 0 Å². The zero-order chi connectivity index (χ0) is 12.8. The van der Waals surface area contributed by atoms with Crippen molar-refractivity contribution in [1.29, 1.82) is 0 Å². The molecule has 0 saturated carbocycles. The maximum absolute atomic E-state index is 5.28. The number of benzene rings is 1. The van der Waals surface area contributed by atoms with E-state index in [0.29, 0.717) is 5.92 Å². The van der Waals surface area contributed by atoms with Crippen molar-refractivity contribution in [3.05, 3.63) is 41.0 Å². The molecule has 0 fully saturated rings. The van der Waals surface area contributed by atoms with E-state index in [9.17, 15) is 0 Å². The molecule has 0 aliphatic heterocycles. The average Bonchev–Trinajstić information content (AvgIpc) is 2.28. The predicted molar refractivity (Wildman–Crippen MR) is 74.8 cm³/mol. The fourth-order valence-electron chi connectivity index (χ4n) is 2.00. The molecule has 0 heterocycles. The molecule has 94 valence electrons. The Labute approximate surface area is 106 Å². The molecule has 17 heavy (non-hydrogen) atoms. The third-order valence-electron chi connectivity index (χ3n) is 3.14. The molecular weight excluding hydrogens is 208 g/mol. The molecule has 0 amide bonds. The minimum absolute atomic E-state index is 0.607. The maximum Gasteiger partial charge on any atom is 0.121 e. The Balaban J connectivity index is 2.66. The zero-order valence-electron chi connectivity index (χ0n) is 11.7. The van der Waals surface area contributed by atoms with Crippen molar-refractivity contribution in [1.82, 2.24) is 0 Å². The van der Waals surface area contributed by atoms with Crippen LogP contribution in [0.1, 0.15) is 50.7 Å². The summed E-state index contributed by atoms with van der Waals surface area (Å²) in [6, 6.07) is 6.49. The summed E-state index contributed by atoms with van der Waals surface area (Å²) in [5.41, 5.74) is 4.03. The third kappa shape index (κ3) is 4.26. The number of hydrogen-bond donors (Lipinski definition) is 0. The second-order valence-corrected chi connectivity index (χ2v) is 4.99. The van der Waals surface area contributed by atoms with Gasteiger partial charge in [-0.2, -0.15) is 0 Å². The maximum atomic E-state index is 5.28. The van der Waals surface area contributed by atoms with Crippen molar-refractivity contribution in [3.8, 4) is 5.75 Å². The van der Waals surface area contributed by atoms with Gasteiger partial charge in [-0.25, -0.2) is 0 Å². The van der Waals surface area contributed by atoms with Crippen LogP contribution in [0.3, 0.4) is 0 Å². The van der Waals surface area contributed by atoms with Crippen LogP contribution in [0.5, 0.6) is 5.75 Å². The Morgan fingerprint density at radius 1 is 1.35 bits per heavy atom. The third-order valence-corrected chi connectivity index (χ3v) is 3.14. The molecule has 0 aromatic heterocycles. The van der Waals surface area contributed by atoms with Gasteiger partial charge in [0.05, 0.1) is 7.11 Å². The van der Waals surface area contributed by atoms with Gasteiger partial charge in [0.2, 0.25) is 0 Å². The number of hydrogen-bond acceptors (Lipinski definition) is 1. The van der Waals surface area contributed by atoms with E-state index in [4.69, 9.17) is 4.74 Å². The van der Waals surface area contributed by atoms with Crippen molar-refractivity contribution in [2.75, 3.05) is 7.11 Å². The number of ether oxygens (including phenoxy) is 1. The molecule has 0 aliphatic rings. The van der Waals surface area contributed by atoms with Crippen molar-refractivity contribution >= 4 is 0 Å². The summed E-state index contributed by atoms with van der Waals surface area (Å²) >= 11 is 0. The van der Waals surface area contributed by atoms with Gasteiger partial charge in [-0.15, -0.1) is 0 Å². The van der Waals surface area contributed by atoms with Crippen molar-refractivity contribution in [3.63, 3.8) is 0 Å². The quantitative estimate of drug-likeness (QED) is 0.659. The van der Waals surface area contributed by atoms with Crippen molar-refractivity contribution < 1.29 is 4.74 Å². The standard InChI is InChI=1S/C16H24O/c1-12(2)7-6-8-13(3)15-9-10-16(17-5)14(4)11-15/h7,9-11,13H,6,8H2,1-5H3. The van der Waals surface area contributed by atoms with Crippen LogP contribution in [0, 0.1) is 6.92 Å². The Hall–Kier alpha value is -1.24. The summed E-state index contributed by atoms with van der Waals surface area (Å²) < 4.78 is 5.28. The second-order valence-electron chi connectivity index (χ2n) is 4.99. The predicted octanol–water partition coefficient (Wildman–Crippen LogP) is 4.85. The first kappa shape index (κ1) is 13.8. The summed E-state index contributed by atoms with van der Waals surface area (Å²) in [4.78, 5) is 0. The highest BCUT2D eigenvalue weighted by molar-refractivity contribution is 5.37. The molecule has 1 heteroatoms. The summed E-state index contributed by atoms with van der Waals surface area (Å²) in [6.07, 6.45) is 4.68. The number of rotatable bonds is 5. The molecule has 1 atom stereocenters. The summed E-state index contributed by atoms with van der Waals surface area (Å²) in [7, 11) is 1.72. The molecule has 0 radical (unpaired) electrons. The summed E-state index contributed by atoms with van der Waals surface area (Å²) in [5.74, 6) is 1.58. The largest absolute Gasteiger partial charge is 0.496 e. The first-order chi connectivity index (χ1) is 8.04. The number of methoxy groups -OCH3 is 1. The summed E-state index contributed by atoms with van der Waals surface area (Å²) in [5, 5.41) is 0. The van der Waals surface area contributed by atoms with Crippen LogP contribution < -0.4 is 4.74 Å². The van der Waals surface area contributed by atoms with Crippen LogP contribution in [0.15, 0.2) is 29.8 Å². The highest BCUT2D eigenvalue weighted by Crippen LogP contribution is 2.26. The van der Waals surface area contributed by atoms with Gasteiger partial charge in [0.1, 0.15) is 5.75 Å². The molecule has 0 bridgehead atoms. The molecular formula is C16H24O. The lowest BCUT2D eigenvalue weighted by Crippen LogP contribution is -1.95. The van der Waals surface area contributed by atoms with E-state index >= 15 is 0 Å². The van der Waals surface area contributed by atoms with Gasteiger partial charge in [0, 0.05) is 0 Å². The average molecular weight is 232 g/mol. The normalized spacial score (nSPS) is 12.1. The smallest absolute Gasteiger partial charge is 0.121 e. The molecule has 1 unspecified atom stereocenters. The molecule has 1 aromatic carbocycles. The van der Waals surface area contributed by atoms with E-state index in [-0.39, 0.29) is 0 Å². The number of allylic oxidation sites excluding steroid dienone is 2. The van der Waals surface area contributed by atoms with E-state index in [1.807, 2.05) is 0 Å². The van der Waals surface area contributed by atoms with Gasteiger partial charge in [-0.1, -0.05) is 30.7 Å². The Morgan fingerprint density at radius 3 is 2.59 bits per heavy atom. The first-order valence-electron chi connectivity index (χ1n) is 6.32. The van der Waals surface area contributed by atoms with E-state index in [2.05, 4.69) is 52.0 Å². The molecule has 1 nitrogen and oxygen atoms in total. The van der Waals surface area contributed by atoms with Crippen LogP contribution in [0.4, 0.5) is 0 Å². The van der Waals surface area contributed by atoms with Crippen molar-refractivity contribution in [2.24, 2.45) is 0 Å². The lowest BCUT2D eigenvalue weighted by Gasteiger charge is -2.13. The highest BCUT2D eigenvalue weighted by Gasteiger charge is 2.06. The minimum Gasteiger partial charge on any atom is -0.496 e. The van der Waals surface area contributed by atoms with Gasteiger partial charge < -0.3 is 4.74 Å². The minimum atomic E-state index is 0.607.